The van der Waals surface area contributed by atoms with Crippen molar-refractivity contribution < 1.29 is 0 Å². The van der Waals surface area contributed by atoms with E-state index in [0.717, 1.165) is 42.6 Å². The summed E-state index contributed by atoms with van der Waals surface area (Å²) in [6.07, 6.45) is 0.827. The fourth-order valence-electron chi connectivity index (χ4n) is 4.02. The zero-order chi connectivity index (χ0) is 22.2. The van der Waals surface area contributed by atoms with Gasteiger partial charge in [-0.1, -0.05) is 72.1 Å². The molecule has 0 fully saturated rings. The van der Waals surface area contributed by atoms with Crippen LogP contribution in [0.1, 0.15) is 21.8 Å². The first-order valence-corrected chi connectivity index (χ1v) is 13.5. The zero-order valence-electron chi connectivity index (χ0n) is 17.3. The quantitative estimate of drug-likeness (QED) is 0.189. The Morgan fingerprint density at radius 1 is 0.844 bits per heavy atom. The second-order valence-electron chi connectivity index (χ2n) is 7.75. The van der Waals surface area contributed by atoms with Crippen LogP contribution in [0.15, 0.2) is 85.5 Å². The predicted molar refractivity (Wildman–Crippen MR) is 146 cm³/mol. The van der Waals surface area contributed by atoms with E-state index in [2.05, 4.69) is 131 Å². The molecular formula is C26H19Br3N2S. The summed E-state index contributed by atoms with van der Waals surface area (Å²) in [5.41, 5.74) is 7.36. The van der Waals surface area contributed by atoms with Gasteiger partial charge in [0.1, 0.15) is 0 Å². The van der Waals surface area contributed by atoms with Gasteiger partial charge < -0.3 is 4.57 Å². The lowest BCUT2D eigenvalue weighted by molar-refractivity contribution is 0.797. The lowest BCUT2D eigenvalue weighted by Crippen LogP contribution is -2.02. The van der Waals surface area contributed by atoms with E-state index in [1.165, 1.54) is 27.7 Å². The highest BCUT2D eigenvalue weighted by Gasteiger charge is 2.17. The van der Waals surface area contributed by atoms with E-state index >= 15 is 0 Å². The normalized spacial score (nSPS) is 11.4. The molecule has 6 heteroatoms. The Hall–Kier alpha value is -1.73. The minimum atomic E-state index is 0.827. The van der Waals surface area contributed by atoms with Crippen molar-refractivity contribution in [1.82, 2.24) is 9.55 Å². The molecule has 0 aliphatic heterocycles. The number of thiazole rings is 1. The van der Waals surface area contributed by atoms with Gasteiger partial charge in [0.25, 0.3) is 0 Å². The second-order valence-corrected chi connectivity index (χ2v) is 11.4. The third kappa shape index (κ3) is 4.51. The second kappa shape index (κ2) is 9.26. The Labute approximate surface area is 216 Å². The topological polar surface area (TPSA) is 17.8 Å². The summed E-state index contributed by atoms with van der Waals surface area (Å²) >= 11 is 12.4. The van der Waals surface area contributed by atoms with E-state index in [-0.39, 0.29) is 0 Å². The number of rotatable bonds is 5. The largest absolute Gasteiger partial charge is 0.340 e. The minimum absolute atomic E-state index is 0.827. The molecule has 0 radical (unpaired) electrons. The van der Waals surface area contributed by atoms with E-state index in [4.69, 9.17) is 4.98 Å². The molecule has 0 aliphatic rings. The molecule has 2 nitrogen and oxygen atoms in total. The molecule has 32 heavy (non-hydrogen) atoms. The van der Waals surface area contributed by atoms with Crippen molar-refractivity contribution in [2.45, 2.75) is 19.9 Å². The van der Waals surface area contributed by atoms with Crippen LogP contribution in [-0.2, 0) is 13.0 Å². The van der Waals surface area contributed by atoms with Crippen LogP contribution in [0.25, 0.3) is 22.2 Å². The van der Waals surface area contributed by atoms with Crippen molar-refractivity contribution in [2.24, 2.45) is 0 Å². The molecule has 0 atom stereocenters. The number of aromatic nitrogens is 2. The summed E-state index contributed by atoms with van der Waals surface area (Å²) in [5.74, 6) is 0. The van der Waals surface area contributed by atoms with Crippen LogP contribution < -0.4 is 0 Å². The Balaban J connectivity index is 1.52. The van der Waals surface area contributed by atoms with E-state index in [1.807, 2.05) is 0 Å². The van der Waals surface area contributed by atoms with Gasteiger partial charge in [-0.2, -0.15) is 0 Å². The van der Waals surface area contributed by atoms with Gasteiger partial charge in [-0.15, -0.1) is 11.3 Å². The highest BCUT2D eigenvalue weighted by Crippen LogP contribution is 2.33. The van der Waals surface area contributed by atoms with Gasteiger partial charge in [-0.25, -0.2) is 4.98 Å². The summed E-state index contributed by atoms with van der Waals surface area (Å²) in [7, 11) is 0. The van der Waals surface area contributed by atoms with E-state index in [9.17, 15) is 0 Å². The fourth-order valence-corrected chi connectivity index (χ4v) is 5.72. The maximum Gasteiger partial charge on any atom is 0.0977 e. The van der Waals surface area contributed by atoms with Crippen LogP contribution in [0, 0.1) is 6.92 Å². The number of nitrogens with zero attached hydrogens (tertiary/aromatic N) is 2. The molecule has 0 aliphatic carbocycles. The minimum Gasteiger partial charge on any atom is -0.340 e. The van der Waals surface area contributed by atoms with Gasteiger partial charge in [0.15, 0.2) is 0 Å². The van der Waals surface area contributed by atoms with Gasteiger partial charge in [-0.05, 0) is 60.5 Å². The first-order chi connectivity index (χ1) is 15.5. The van der Waals surface area contributed by atoms with Crippen molar-refractivity contribution in [3.8, 4) is 11.3 Å². The van der Waals surface area contributed by atoms with Gasteiger partial charge in [0.05, 0.1) is 10.7 Å². The van der Waals surface area contributed by atoms with Crippen LogP contribution in [0.3, 0.4) is 0 Å². The van der Waals surface area contributed by atoms with Gasteiger partial charge in [0, 0.05) is 53.9 Å². The van der Waals surface area contributed by atoms with Gasteiger partial charge in [0.2, 0.25) is 0 Å². The smallest absolute Gasteiger partial charge is 0.0977 e. The molecule has 5 rings (SSSR count). The zero-order valence-corrected chi connectivity index (χ0v) is 22.9. The van der Waals surface area contributed by atoms with E-state index < -0.39 is 0 Å². The van der Waals surface area contributed by atoms with Crippen LogP contribution >= 0.6 is 59.1 Å². The lowest BCUT2D eigenvalue weighted by atomic mass is 10.1. The number of hydrogen-bond acceptors (Lipinski definition) is 2. The molecule has 2 aromatic heterocycles. The third-order valence-electron chi connectivity index (χ3n) is 5.69. The Morgan fingerprint density at radius 2 is 1.50 bits per heavy atom. The van der Waals surface area contributed by atoms with Crippen LogP contribution in [0.2, 0.25) is 0 Å². The Morgan fingerprint density at radius 3 is 2.22 bits per heavy atom. The maximum atomic E-state index is 4.96. The average Bonchev–Trinajstić information content (AvgIpc) is 3.35. The SMILES string of the molecule is Cc1c(Cc2nc(-c3ccc(Br)cc3)cs2)c2cc(Br)ccc2n1Cc1ccc(Br)cc1. The molecule has 0 unspecified atom stereocenters. The molecule has 5 aromatic rings. The van der Waals surface area contributed by atoms with Gasteiger partial charge in [-0.3, -0.25) is 0 Å². The first-order valence-electron chi connectivity index (χ1n) is 10.2. The molecule has 0 N–H and O–H groups in total. The predicted octanol–water partition coefficient (Wildman–Crippen LogP) is 9.00. The summed E-state index contributed by atoms with van der Waals surface area (Å²) in [6.45, 7) is 3.07. The molecule has 0 amide bonds. The van der Waals surface area contributed by atoms with E-state index in [0.29, 0.717) is 0 Å². The first kappa shape index (κ1) is 22.1. The fraction of sp³-hybridized carbons (Fsp3) is 0.115. The van der Waals surface area contributed by atoms with Gasteiger partial charge >= 0.3 is 0 Å². The van der Waals surface area contributed by atoms with Crippen LogP contribution in [-0.4, -0.2) is 9.55 Å². The van der Waals surface area contributed by atoms with Crippen LogP contribution in [0.5, 0.6) is 0 Å². The monoisotopic (exact) mass is 628 g/mol. The van der Waals surface area contributed by atoms with Crippen molar-refractivity contribution in [2.75, 3.05) is 0 Å². The van der Waals surface area contributed by atoms with Crippen molar-refractivity contribution >= 4 is 70.0 Å². The standard InChI is InChI=1S/C26H19Br3N2S/c1-16-22(13-26-30-24(15-32-26)18-4-8-20(28)9-5-18)23-12-21(29)10-11-25(23)31(16)14-17-2-6-19(27)7-3-17/h2-12,15H,13-14H2,1H3. The summed E-state index contributed by atoms with van der Waals surface area (Å²) in [4.78, 5) is 4.96. The third-order valence-corrected chi connectivity index (χ3v) is 8.09. The molecule has 3 aromatic carbocycles. The molecule has 0 spiro atoms. The number of benzene rings is 3. The van der Waals surface area contributed by atoms with Crippen molar-refractivity contribution in [3.05, 3.63) is 107 Å². The molecule has 2 heterocycles. The average molecular weight is 631 g/mol. The molecule has 0 saturated carbocycles. The van der Waals surface area contributed by atoms with E-state index in [1.54, 1.807) is 11.3 Å². The molecule has 160 valence electrons. The number of fused-ring (bicyclic) bond motifs is 1. The summed E-state index contributed by atoms with van der Waals surface area (Å²) in [6, 6.07) is 23.5. The van der Waals surface area contributed by atoms with Crippen molar-refractivity contribution in [3.63, 3.8) is 0 Å². The highest BCUT2D eigenvalue weighted by molar-refractivity contribution is 9.11. The lowest BCUT2D eigenvalue weighted by Gasteiger charge is -2.09. The summed E-state index contributed by atoms with van der Waals surface area (Å²) in [5, 5.41) is 4.58. The Bertz CT molecular complexity index is 1400. The highest BCUT2D eigenvalue weighted by atomic mass is 79.9. The van der Waals surface area contributed by atoms with Crippen LogP contribution in [0.4, 0.5) is 0 Å². The number of halogens is 3. The maximum absolute atomic E-state index is 4.96. The Kier molecular flexibility index (Phi) is 6.39. The molecule has 0 saturated heterocycles. The molecule has 0 bridgehead atoms. The summed E-state index contributed by atoms with van der Waals surface area (Å²) < 4.78 is 5.70. The van der Waals surface area contributed by atoms with Crippen molar-refractivity contribution in [1.29, 1.82) is 0 Å². The number of hydrogen-bond donors (Lipinski definition) is 0. The molecular weight excluding hydrogens is 612 g/mol.